The largest absolute Gasteiger partial charge is 0.493 e. The fraction of sp³-hybridized carbons (Fsp3) is 0.214. The predicted octanol–water partition coefficient (Wildman–Crippen LogP) is 6.80. The van der Waals surface area contributed by atoms with Crippen LogP contribution in [0, 0.1) is 3.57 Å². The van der Waals surface area contributed by atoms with Crippen LogP contribution in [0.1, 0.15) is 31.0 Å². The van der Waals surface area contributed by atoms with Crippen molar-refractivity contribution in [3.8, 4) is 11.5 Å². The first-order chi connectivity index (χ1) is 17.5. The quantitative estimate of drug-likeness (QED) is 0.216. The molecule has 2 heterocycles. The van der Waals surface area contributed by atoms with E-state index in [-0.39, 0.29) is 12.0 Å². The molecule has 0 spiro atoms. The van der Waals surface area contributed by atoms with E-state index in [9.17, 15) is 4.79 Å². The van der Waals surface area contributed by atoms with E-state index in [0.717, 1.165) is 25.3 Å². The first-order valence-corrected chi connectivity index (χ1v) is 13.5. The molecule has 0 aliphatic carbocycles. The van der Waals surface area contributed by atoms with Crippen LogP contribution in [0.2, 0.25) is 0 Å². The Labute approximate surface area is 228 Å². The molecule has 3 aromatic rings. The van der Waals surface area contributed by atoms with E-state index in [1.165, 1.54) is 17.1 Å². The van der Waals surface area contributed by atoms with Crippen molar-refractivity contribution in [2.24, 2.45) is 4.99 Å². The molecule has 0 amide bonds. The fourth-order valence-corrected chi connectivity index (χ4v) is 6.08. The maximum absolute atomic E-state index is 13.0. The zero-order valence-electron chi connectivity index (χ0n) is 20.2. The van der Waals surface area contributed by atoms with Crippen LogP contribution in [0.3, 0.4) is 0 Å². The molecule has 184 valence electrons. The van der Waals surface area contributed by atoms with E-state index in [0.29, 0.717) is 36.0 Å². The summed E-state index contributed by atoms with van der Waals surface area (Å²) in [6.07, 6.45) is 1.95. The van der Waals surface area contributed by atoms with Crippen molar-refractivity contribution in [1.29, 1.82) is 0 Å². The highest BCUT2D eigenvalue weighted by Gasteiger charge is 2.38. The number of nitrogens with zero attached hydrogens (tertiary/aromatic N) is 2. The third-order valence-electron chi connectivity index (χ3n) is 6.14. The van der Waals surface area contributed by atoms with Gasteiger partial charge >= 0.3 is 5.97 Å². The molecule has 0 saturated heterocycles. The van der Waals surface area contributed by atoms with Crippen molar-refractivity contribution in [3.63, 3.8) is 0 Å². The summed E-state index contributed by atoms with van der Waals surface area (Å²) in [6.45, 7) is 4.36. The summed E-state index contributed by atoms with van der Waals surface area (Å²) in [5.74, 6) is 0.917. The van der Waals surface area contributed by atoms with Gasteiger partial charge in [-0.2, -0.15) is 0 Å². The topological polar surface area (TPSA) is 60.4 Å². The van der Waals surface area contributed by atoms with Gasteiger partial charge < -0.3 is 19.1 Å². The Morgan fingerprint density at radius 2 is 1.97 bits per heavy atom. The van der Waals surface area contributed by atoms with Gasteiger partial charge in [-0.3, -0.25) is 0 Å². The Morgan fingerprint density at radius 3 is 2.78 bits per heavy atom. The minimum Gasteiger partial charge on any atom is -0.493 e. The molecule has 0 radical (unpaired) electrons. The van der Waals surface area contributed by atoms with Gasteiger partial charge in [0.25, 0.3) is 0 Å². The first kappa shape index (κ1) is 24.7. The second-order valence-corrected chi connectivity index (χ2v) is 10.3. The number of allylic oxidation sites excluding steroid dienone is 1. The lowest BCUT2D eigenvalue weighted by Gasteiger charge is -2.33. The molecular weight excluding hydrogens is 587 g/mol. The van der Waals surface area contributed by atoms with Crippen molar-refractivity contribution in [1.82, 2.24) is 4.90 Å². The highest BCUT2D eigenvalue weighted by atomic mass is 127. The number of halogens is 1. The zero-order valence-corrected chi connectivity index (χ0v) is 23.1. The van der Waals surface area contributed by atoms with Gasteiger partial charge in [0.1, 0.15) is 6.61 Å². The number of hydrogen-bond acceptors (Lipinski definition) is 7. The number of amidine groups is 1. The third kappa shape index (κ3) is 4.59. The van der Waals surface area contributed by atoms with Crippen LogP contribution in [0.25, 0.3) is 10.8 Å². The molecule has 2 aliphatic heterocycles. The van der Waals surface area contributed by atoms with E-state index >= 15 is 0 Å². The smallest absolute Gasteiger partial charge is 0.338 e. The van der Waals surface area contributed by atoms with Crippen LogP contribution in [0.15, 0.2) is 82.5 Å². The van der Waals surface area contributed by atoms with Crippen molar-refractivity contribution in [2.45, 2.75) is 26.5 Å². The number of carbonyl (C=O) groups excluding carboxylic acids is 1. The number of aliphatic imine (C=N–C) groups is 1. The van der Waals surface area contributed by atoms with Gasteiger partial charge in [-0.1, -0.05) is 54.2 Å². The normalized spacial score (nSPS) is 16.7. The number of methoxy groups -OCH3 is 1. The SMILES string of the molecule is CCOC(=O)C1=C(C)N=C2SC=CN2[C@@H]1c1cc(I)c(OCc2cccc3ccccc23)c(OC)c1. The van der Waals surface area contributed by atoms with E-state index in [1.54, 1.807) is 14.0 Å². The second-order valence-electron chi connectivity index (χ2n) is 8.29. The van der Waals surface area contributed by atoms with Gasteiger partial charge in [-0.25, -0.2) is 9.79 Å². The molecule has 5 rings (SSSR count). The number of benzene rings is 3. The molecule has 8 heteroatoms. The highest BCUT2D eigenvalue weighted by molar-refractivity contribution is 14.1. The van der Waals surface area contributed by atoms with Crippen LogP contribution < -0.4 is 9.47 Å². The molecular formula is C28H25IN2O4S. The Hall–Kier alpha value is -2.98. The van der Waals surface area contributed by atoms with Crippen molar-refractivity contribution in [2.75, 3.05) is 13.7 Å². The van der Waals surface area contributed by atoms with E-state index in [1.807, 2.05) is 53.8 Å². The molecule has 36 heavy (non-hydrogen) atoms. The molecule has 1 atom stereocenters. The number of hydrogen-bond donors (Lipinski definition) is 0. The van der Waals surface area contributed by atoms with Gasteiger partial charge in [-0.05, 0) is 75.9 Å². The summed E-state index contributed by atoms with van der Waals surface area (Å²) in [6, 6.07) is 18.1. The molecule has 2 aliphatic rings. The number of rotatable bonds is 7. The third-order valence-corrected chi connectivity index (χ3v) is 7.71. The van der Waals surface area contributed by atoms with Gasteiger partial charge in [0.2, 0.25) is 0 Å². The number of carbonyl (C=O) groups is 1. The lowest BCUT2D eigenvalue weighted by atomic mass is 9.94. The molecule has 0 bridgehead atoms. The molecule has 0 aromatic heterocycles. The molecule has 0 unspecified atom stereocenters. The minimum atomic E-state index is -0.377. The number of thioether (sulfide) groups is 1. The van der Waals surface area contributed by atoms with E-state index in [4.69, 9.17) is 14.2 Å². The summed E-state index contributed by atoms with van der Waals surface area (Å²) in [5, 5.41) is 5.14. The zero-order chi connectivity index (χ0) is 25.2. The van der Waals surface area contributed by atoms with Crippen molar-refractivity contribution in [3.05, 3.63) is 92.2 Å². The van der Waals surface area contributed by atoms with Crippen LogP contribution in [0.4, 0.5) is 0 Å². The lowest BCUT2D eigenvalue weighted by Crippen LogP contribution is -2.34. The molecule has 0 fully saturated rings. The van der Waals surface area contributed by atoms with Crippen LogP contribution in [-0.4, -0.2) is 29.8 Å². The van der Waals surface area contributed by atoms with Crippen LogP contribution >= 0.6 is 34.4 Å². The number of ether oxygens (including phenoxy) is 3. The molecule has 3 aromatic carbocycles. The standard InChI is InChI=1S/C28H25IN2O4S/c1-4-34-27(32)24-17(2)30-28-31(12-13-36-28)25(24)20-14-22(29)26(23(15-20)33-3)35-16-19-10-7-9-18-8-5-6-11-21(18)19/h5-15,25H,4,16H2,1-3H3/t25-/m1/s1. The van der Waals surface area contributed by atoms with Crippen molar-refractivity contribution < 1.29 is 19.0 Å². The molecule has 0 N–H and O–H groups in total. The fourth-order valence-electron chi connectivity index (χ4n) is 4.50. The Kier molecular flexibility index (Phi) is 7.25. The monoisotopic (exact) mass is 612 g/mol. The summed E-state index contributed by atoms with van der Waals surface area (Å²) >= 11 is 3.80. The van der Waals surface area contributed by atoms with Crippen LogP contribution in [0.5, 0.6) is 11.5 Å². The molecule has 0 saturated carbocycles. The van der Waals surface area contributed by atoms with E-state index in [2.05, 4.69) is 51.8 Å². The van der Waals surface area contributed by atoms with Gasteiger partial charge in [0, 0.05) is 6.20 Å². The number of esters is 1. The maximum atomic E-state index is 13.0. The minimum absolute atomic E-state index is 0.297. The molecule has 6 nitrogen and oxygen atoms in total. The van der Waals surface area contributed by atoms with Gasteiger partial charge in [-0.15, -0.1) is 0 Å². The van der Waals surface area contributed by atoms with Gasteiger partial charge in [0.05, 0.1) is 34.6 Å². The first-order valence-electron chi connectivity index (χ1n) is 11.6. The van der Waals surface area contributed by atoms with Crippen LogP contribution in [-0.2, 0) is 16.1 Å². The Balaban J connectivity index is 1.51. The second kappa shape index (κ2) is 10.6. The van der Waals surface area contributed by atoms with Gasteiger partial charge in [0.15, 0.2) is 16.7 Å². The lowest BCUT2D eigenvalue weighted by molar-refractivity contribution is -0.139. The maximum Gasteiger partial charge on any atom is 0.338 e. The summed E-state index contributed by atoms with van der Waals surface area (Å²) in [4.78, 5) is 19.6. The summed E-state index contributed by atoms with van der Waals surface area (Å²) < 4.78 is 18.4. The van der Waals surface area contributed by atoms with E-state index < -0.39 is 0 Å². The summed E-state index contributed by atoms with van der Waals surface area (Å²) in [5.41, 5.74) is 3.18. The highest BCUT2D eigenvalue weighted by Crippen LogP contribution is 2.44. The van der Waals surface area contributed by atoms with Crippen molar-refractivity contribution >= 4 is 56.3 Å². The Morgan fingerprint density at radius 1 is 1.17 bits per heavy atom. The Bertz CT molecular complexity index is 1430. The predicted molar refractivity (Wildman–Crippen MR) is 152 cm³/mol. The average Bonchev–Trinajstić information content (AvgIpc) is 3.34. The number of fused-ring (bicyclic) bond motifs is 2. The summed E-state index contributed by atoms with van der Waals surface area (Å²) in [7, 11) is 1.63. The average molecular weight is 612 g/mol.